The molecular weight excluding hydrogens is 576 g/mol. The molecule has 0 radical (unpaired) electrons. The van der Waals surface area contributed by atoms with E-state index in [1.165, 1.54) is 0 Å². The van der Waals surface area contributed by atoms with Crippen LogP contribution >= 0.6 is 11.6 Å². The highest BCUT2D eigenvalue weighted by molar-refractivity contribution is 6.68. The molecule has 1 unspecified atom stereocenters. The van der Waals surface area contributed by atoms with E-state index in [-0.39, 0.29) is 22.3 Å². The topological polar surface area (TPSA) is 100 Å². The Labute approximate surface area is 265 Å². The highest BCUT2D eigenvalue weighted by atomic mass is 35.5. The van der Waals surface area contributed by atoms with Crippen molar-refractivity contribution in [3.05, 3.63) is 76.3 Å². The van der Waals surface area contributed by atoms with Gasteiger partial charge in [0.25, 0.3) is 11.8 Å². The molecule has 0 saturated carbocycles. The van der Waals surface area contributed by atoms with Gasteiger partial charge in [-0.3, -0.25) is 14.4 Å². The van der Waals surface area contributed by atoms with E-state index in [1.807, 2.05) is 65.1 Å². The van der Waals surface area contributed by atoms with Crippen LogP contribution in [-0.4, -0.2) is 43.0 Å². The van der Waals surface area contributed by atoms with Gasteiger partial charge in [0.05, 0.1) is 16.4 Å². The Morgan fingerprint density at radius 3 is 2.23 bits per heavy atom. The highest BCUT2D eigenvalue weighted by Crippen LogP contribution is 2.29. The number of hydrogen-bond donors (Lipinski definition) is 2. The van der Waals surface area contributed by atoms with Crippen LogP contribution in [0.3, 0.4) is 0 Å². The maximum atomic E-state index is 13.6. The molecule has 3 aromatic carbocycles. The molecule has 3 aromatic rings. The summed E-state index contributed by atoms with van der Waals surface area (Å²) in [5.41, 5.74) is 3.92. The van der Waals surface area contributed by atoms with Gasteiger partial charge in [0.15, 0.2) is 17.6 Å². The van der Waals surface area contributed by atoms with Gasteiger partial charge in [0.2, 0.25) is 0 Å². The molecule has 44 heavy (non-hydrogen) atoms. The van der Waals surface area contributed by atoms with E-state index < -0.39 is 23.2 Å². The smallest absolute Gasteiger partial charge is 0.278 e. The zero-order valence-corrected chi connectivity index (χ0v) is 27.8. The van der Waals surface area contributed by atoms with Gasteiger partial charge in [0, 0.05) is 30.4 Å². The third-order valence-electron chi connectivity index (χ3n) is 7.18. The fourth-order valence-corrected chi connectivity index (χ4v) is 4.54. The number of nitrogens with one attached hydrogen (secondary N) is 2. The van der Waals surface area contributed by atoms with E-state index in [0.29, 0.717) is 23.5 Å². The third-order valence-corrected chi connectivity index (χ3v) is 7.51. The van der Waals surface area contributed by atoms with Gasteiger partial charge in [-0.25, -0.2) is 4.99 Å². The van der Waals surface area contributed by atoms with Gasteiger partial charge < -0.3 is 20.3 Å². The minimum absolute atomic E-state index is 0.226. The molecule has 0 aliphatic carbocycles. The number of aryl methyl sites for hydroxylation is 3. The number of Topliss-reactive ketones (excluding diaryl/α,β-unsaturated/α-hetero) is 1. The molecule has 0 aliphatic rings. The number of anilines is 3. The Balaban J connectivity index is 1.87. The van der Waals surface area contributed by atoms with Crippen molar-refractivity contribution in [1.29, 1.82) is 0 Å². The number of ether oxygens (including phenoxy) is 1. The summed E-state index contributed by atoms with van der Waals surface area (Å²) < 4.78 is 6.02. The molecule has 234 valence electrons. The van der Waals surface area contributed by atoms with E-state index in [4.69, 9.17) is 16.3 Å². The quantitative estimate of drug-likeness (QED) is 0.168. The van der Waals surface area contributed by atoms with Crippen LogP contribution in [0.15, 0.2) is 59.6 Å². The van der Waals surface area contributed by atoms with Crippen molar-refractivity contribution in [3.63, 3.8) is 0 Å². The van der Waals surface area contributed by atoms with Gasteiger partial charge in [-0.05, 0) is 87.7 Å². The van der Waals surface area contributed by atoms with Crippen LogP contribution in [-0.2, 0) is 14.4 Å². The second kappa shape index (κ2) is 14.5. The van der Waals surface area contributed by atoms with E-state index >= 15 is 0 Å². The Kier molecular flexibility index (Phi) is 11.3. The van der Waals surface area contributed by atoms with Crippen molar-refractivity contribution >= 4 is 57.7 Å². The number of hydrogen-bond acceptors (Lipinski definition) is 6. The van der Waals surface area contributed by atoms with Gasteiger partial charge >= 0.3 is 0 Å². The summed E-state index contributed by atoms with van der Waals surface area (Å²) in [5, 5.41) is 5.83. The minimum Gasteiger partial charge on any atom is -0.480 e. The van der Waals surface area contributed by atoms with Crippen LogP contribution in [0.25, 0.3) is 0 Å². The molecule has 0 aromatic heterocycles. The van der Waals surface area contributed by atoms with Crippen LogP contribution < -0.4 is 20.3 Å². The Bertz CT molecular complexity index is 1580. The van der Waals surface area contributed by atoms with Crippen LogP contribution in [0.5, 0.6) is 5.75 Å². The zero-order valence-electron chi connectivity index (χ0n) is 27.1. The lowest BCUT2D eigenvalue weighted by atomic mass is 9.87. The van der Waals surface area contributed by atoms with E-state index in [9.17, 15) is 14.4 Å². The highest BCUT2D eigenvalue weighted by Gasteiger charge is 2.31. The van der Waals surface area contributed by atoms with Crippen LogP contribution in [0.1, 0.15) is 57.7 Å². The summed E-state index contributed by atoms with van der Waals surface area (Å²) in [4.78, 5) is 46.8. The van der Waals surface area contributed by atoms with Crippen LogP contribution in [0.4, 0.5) is 22.7 Å². The summed E-state index contributed by atoms with van der Waals surface area (Å²) in [6.45, 7) is 15.8. The molecule has 8 nitrogen and oxygen atoms in total. The lowest BCUT2D eigenvalue weighted by Crippen LogP contribution is -2.37. The SMILES string of the molecule is CCC(Oc1ccc(C)cc1C)C(=O)Nc1ccc(Cl)c(NC(=O)C(=Nc2ccc(N(C)CC)cc2C)C(=O)C(C)(C)C)c1. The van der Waals surface area contributed by atoms with Gasteiger partial charge in [0.1, 0.15) is 5.75 Å². The van der Waals surface area contributed by atoms with E-state index in [0.717, 1.165) is 28.9 Å². The molecule has 0 aliphatic heterocycles. The molecule has 3 rings (SSSR count). The number of carbonyl (C=O) groups is 3. The first kappa shape index (κ1) is 34.3. The first-order chi connectivity index (χ1) is 20.6. The normalized spacial score (nSPS) is 12.4. The van der Waals surface area contributed by atoms with Crippen LogP contribution in [0, 0.1) is 26.2 Å². The summed E-state index contributed by atoms with van der Waals surface area (Å²) in [6, 6.07) is 16.2. The standard InChI is InChI=1S/C35H43ClN4O4/c1-10-29(44-30-17-12-21(3)18-23(30)5)33(42)37-24-13-15-26(36)28(20-24)39-34(43)31(32(41)35(6,7)8)38-27-16-14-25(19-22(27)4)40(9)11-2/h12-20,29H,10-11H2,1-9H3,(H,37,42)(H,39,43). The predicted octanol–water partition coefficient (Wildman–Crippen LogP) is 7.84. The molecule has 1 atom stereocenters. The second-order valence-corrected chi connectivity index (χ2v) is 12.4. The van der Waals surface area contributed by atoms with Gasteiger partial charge in [-0.1, -0.05) is 57.0 Å². The number of benzene rings is 3. The Hall–Kier alpha value is -4.17. The van der Waals surface area contributed by atoms with Gasteiger partial charge in [-0.2, -0.15) is 0 Å². The number of amides is 2. The van der Waals surface area contributed by atoms with Crippen molar-refractivity contribution in [2.24, 2.45) is 10.4 Å². The van der Waals surface area contributed by atoms with E-state index in [1.54, 1.807) is 45.0 Å². The maximum absolute atomic E-state index is 13.6. The number of halogens is 1. The molecule has 9 heteroatoms. The molecule has 0 saturated heterocycles. The zero-order chi connectivity index (χ0) is 32.8. The number of carbonyl (C=O) groups excluding carboxylic acids is 3. The van der Waals surface area contributed by atoms with Crippen molar-refractivity contribution < 1.29 is 19.1 Å². The summed E-state index contributed by atoms with van der Waals surface area (Å²) in [5.74, 6) is -0.822. The summed E-state index contributed by atoms with van der Waals surface area (Å²) in [6.07, 6.45) is -0.291. The monoisotopic (exact) mass is 618 g/mol. The summed E-state index contributed by atoms with van der Waals surface area (Å²) in [7, 11) is 1.99. The van der Waals surface area contributed by atoms with Crippen molar-refractivity contribution in [3.8, 4) is 5.75 Å². The maximum Gasteiger partial charge on any atom is 0.278 e. The number of rotatable bonds is 11. The Morgan fingerprint density at radius 2 is 1.64 bits per heavy atom. The average Bonchev–Trinajstić information content (AvgIpc) is 2.96. The molecule has 0 heterocycles. The fraction of sp³-hybridized carbons (Fsp3) is 0.371. The first-order valence-electron chi connectivity index (χ1n) is 14.8. The Morgan fingerprint density at radius 1 is 0.932 bits per heavy atom. The predicted molar refractivity (Wildman–Crippen MR) is 181 cm³/mol. The number of nitrogens with zero attached hydrogens (tertiary/aromatic N) is 2. The molecule has 2 amide bonds. The fourth-order valence-electron chi connectivity index (χ4n) is 4.38. The van der Waals surface area contributed by atoms with Crippen molar-refractivity contribution in [2.75, 3.05) is 29.1 Å². The third kappa shape index (κ3) is 8.69. The molecule has 0 spiro atoms. The molecule has 0 bridgehead atoms. The largest absolute Gasteiger partial charge is 0.480 e. The first-order valence-corrected chi connectivity index (χ1v) is 15.1. The second-order valence-electron chi connectivity index (χ2n) is 11.9. The summed E-state index contributed by atoms with van der Waals surface area (Å²) >= 11 is 6.44. The molecular formula is C35H43ClN4O4. The van der Waals surface area contributed by atoms with Crippen molar-refractivity contribution in [2.45, 2.75) is 67.9 Å². The minimum atomic E-state index is -0.864. The number of aliphatic imine (C=N–C) groups is 1. The molecule has 2 N–H and O–H groups in total. The number of ketones is 1. The molecule has 0 fully saturated rings. The van der Waals surface area contributed by atoms with Crippen molar-refractivity contribution in [1.82, 2.24) is 0 Å². The van der Waals surface area contributed by atoms with Crippen LogP contribution in [0.2, 0.25) is 5.02 Å². The average molecular weight is 619 g/mol. The van der Waals surface area contributed by atoms with Gasteiger partial charge in [-0.15, -0.1) is 0 Å². The lowest BCUT2D eigenvalue weighted by Gasteiger charge is -2.20. The van der Waals surface area contributed by atoms with E-state index in [2.05, 4.69) is 27.4 Å². The lowest BCUT2D eigenvalue weighted by molar-refractivity contribution is -0.123.